The molecule has 11 nitrogen and oxygen atoms in total. The molecule has 1 aliphatic heterocycles. The minimum atomic E-state index is -0.406. The fourth-order valence-electron chi connectivity index (χ4n) is 5.63. The summed E-state index contributed by atoms with van der Waals surface area (Å²) in [5.41, 5.74) is 3.71. The number of aryl methyl sites for hydroxylation is 2. The van der Waals surface area contributed by atoms with E-state index in [1.165, 1.54) is 12.4 Å². The Kier molecular flexibility index (Phi) is 8.30. The molecule has 0 saturated carbocycles. The quantitative estimate of drug-likeness (QED) is 0.241. The number of methoxy groups -OCH3 is 1. The number of fused-ring (bicyclic) bond motifs is 2. The first-order valence-corrected chi connectivity index (χ1v) is 14.4. The summed E-state index contributed by atoms with van der Waals surface area (Å²) in [5.74, 6) is 0.648. The van der Waals surface area contributed by atoms with Crippen molar-refractivity contribution in [1.29, 1.82) is 0 Å². The zero-order valence-electron chi connectivity index (χ0n) is 24.7. The normalized spacial score (nSPS) is 14.3. The summed E-state index contributed by atoms with van der Waals surface area (Å²) in [7, 11) is 3.64. The van der Waals surface area contributed by atoms with Crippen LogP contribution in [-0.2, 0) is 19.6 Å². The summed E-state index contributed by atoms with van der Waals surface area (Å²) >= 11 is 0. The molecule has 5 aromatic rings. The first-order valence-electron chi connectivity index (χ1n) is 14.4. The van der Waals surface area contributed by atoms with Crippen molar-refractivity contribution in [2.24, 2.45) is 0 Å². The van der Waals surface area contributed by atoms with E-state index in [1.807, 2.05) is 21.6 Å². The van der Waals surface area contributed by atoms with Gasteiger partial charge in [0.2, 0.25) is 5.88 Å². The molecule has 6 rings (SSSR count). The van der Waals surface area contributed by atoms with E-state index >= 15 is 4.39 Å². The van der Waals surface area contributed by atoms with Crippen molar-refractivity contribution in [3.05, 3.63) is 82.2 Å². The van der Waals surface area contributed by atoms with Crippen LogP contribution in [0, 0.1) is 12.7 Å². The molecule has 1 saturated heterocycles. The maximum atomic E-state index is 15.4. The van der Waals surface area contributed by atoms with Crippen molar-refractivity contribution in [3.8, 4) is 5.88 Å². The van der Waals surface area contributed by atoms with E-state index < -0.39 is 5.82 Å². The molecule has 0 amide bonds. The van der Waals surface area contributed by atoms with Crippen LogP contribution < -0.4 is 15.1 Å². The highest BCUT2D eigenvalue weighted by molar-refractivity contribution is 5.81. The van der Waals surface area contributed by atoms with E-state index in [1.54, 1.807) is 38.8 Å². The molecule has 4 aromatic heterocycles. The lowest BCUT2D eigenvalue weighted by Crippen LogP contribution is -2.44. The smallest absolute Gasteiger partial charge is 0.213 e. The SMILES string of the molecule is COc1cc(CN(CCCn2cnc3cncnc32)Cc2c(C)oc3cc(N4CCN(C)CC4)c(F)cc3c2=O)ccn1. The second-order valence-corrected chi connectivity index (χ2v) is 11.0. The summed E-state index contributed by atoms with van der Waals surface area (Å²) in [6.07, 6.45) is 7.46. The highest BCUT2D eigenvalue weighted by Crippen LogP contribution is 2.27. The number of pyridine rings is 1. The van der Waals surface area contributed by atoms with Crippen molar-refractivity contribution in [3.63, 3.8) is 0 Å². The van der Waals surface area contributed by atoms with Crippen LogP contribution in [0.15, 0.2) is 58.5 Å². The third-order valence-corrected chi connectivity index (χ3v) is 8.05. The molecule has 0 N–H and O–H groups in total. The third kappa shape index (κ3) is 6.20. The molecule has 0 radical (unpaired) electrons. The zero-order chi connectivity index (χ0) is 29.9. The fourth-order valence-corrected chi connectivity index (χ4v) is 5.63. The largest absolute Gasteiger partial charge is 0.481 e. The van der Waals surface area contributed by atoms with Gasteiger partial charge in [-0.25, -0.2) is 24.3 Å². The van der Waals surface area contributed by atoms with Gasteiger partial charge in [-0.1, -0.05) is 0 Å². The molecule has 1 aromatic carbocycles. The number of rotatable bonds is 10. The standard InChI is InChI=1S/C31H35FN8O3/c1-21-24(30(41)23-14-25(32)27(15-28(23)43-21)39-11-9-37(2)10-12-39)18-38(17-22-5-6-34-29(13-22)42-3)7-4-8-40-20-36-26-16-33-19-35-31(26)40/h5-6,13-16,19-20H,4,7-12,17-18H2,1-3H3. The van der Waals surface area contributed by atoms with E-state index in [0.29, 0.717) is 54.7 Å². The van der Waals surface area contributed by atoms with Crippen LogP contribution in [0.5, 0.6) is 5.88 Å². The maximum absolute atomic E-state index is 15.4. The van der Waals surface area contributed by atoms with Gasteiger partial charge in [0.1, 0.15) is 29.0 Å². The Bertz CT molecular complexity index is 1800. The summed E-state index contributed by atoms with van der Waals surface area (Å²) in [6.45, 7) is 7.20. The molecular formula is C31H35FN8O3. The van der Waals surface area contributed by atoms with Crippen molar-refractivity contribution in [1.82, 2.24) is 34.3 Å². The number of benzene rings is 1. The number of aromatic nitrogens is 5. The zero-order valence-corrected chi connectivity index (χ0v) is 24.7. The van der Waals surface area contributed by atoms with Crippen molar-refractivity contribution < 1.29 is 13.5 Å². The van der Waals surface area contributed by atoms with Crippen molar-refractivity contribution >= 4 is 27.8 Å². The fraction of sp³-hybridized carbons (Fsp3) is 0.387. The molecule has 1 aliphatic rings. The van der Waals surface area contributed by atoms with Crippen molar-refractivity contribution in [2.75, 3.05) is 51.8 Å². The minimum absolute atomic E-state index is 0.211. The Morgan fingerprint density at radius 3 is 2.74 bits per heavy atom. The summed E-state index contributed by atoms with van der Waals surface area (Å²) in [6, 6.07) is 6.83. The van der Waals surface area contributed by atoms with Gasteiger partial charge in [0.15, 0.2) is 11.1 Å². The number of imidazole rings is 1. The van der Waals surface area contributed by atoms with Gasteiger partial charge in [0, 0.05) is 70.7 Å². The highest BCUT2D eigenvalue weighted by atomic mass is 19.1. The van der Waals surface area contributed by atoms with Gasteiger partial charge >= 0.3 is 0 Å². The van der Waals surface area contributed by atoms with Crippen LogP contribution in [-0.4, -0.2) is 81.2 Å². The molecule has 224 valence electrons. The van der Waals surface area contributed by atoms with Gasteiger partial charge in [-0.2, -0.15) is 0 Å². The summed E-state index contributed by atoms with van der Waals surface area (Å²) in [4.78, 5) is 37.2. The Labute approximate surface area is 248 Å². The van der Waals surface area contributed by atoms with Gasteiger partial charge in [-0.05, 0) is 38.1 Å². The number of piperazine rings is 1. The lowest BCUT2D eigenvalue weighted by atomic mass is 10.1. The number of hydrogen-bond acceptors (Lipinski definition) is 10. The molecule has 12 heteroatoms. The monoisotopic (exact) mass is 586 g/mol. The van der Waals surface area contributed by atoms with Crippen LogP contribution in [0.3, 0.4) is 0 Å². The highest BCUT2D eigenvalue weighted by Gasteiger charge is 2.22. The number of halogens is 1. The molecule has 0 bridgehead atoms. The Hall–Kier alpha value is -4.42. The number of hydrogen-bond donors (Lipinski definition) is 0. The molecule has 5 heterocycles. The van der Waals surface area contributed by atoms with E-state index in [9.17, 15) is 4.79 Å². The molecule has 0 spiro atoms. The predicted molar refractivity (Wildman–Crippen MR) is 162 cm³/mol. The first-order chi connectivity index (χ1) is 20.9. The van der Waals surface area contributed by atoms with Crippen LogP contribution in [0.2, 0.25) is 0 Å². The van der Waals surface area contributed by atoms with E-state index in [2.05, 4.69) is 36.8 Å². The van der Waals surface area contributed by atoms with E-state index in [0.717, 1.165) is 49.3 Å². The van der Waals surface area contributed by atoms with Crippen LogP contribution in [0.1, 0.15) is 23.3 Å². The Morgan fingerprint density at radius 1 is 1.09 bits per heavy atom. The van der Waals surface area contributed by atoms with Gasteiger partial charge < -0.3 is 23.5 Å². The molecule has 0 atom stereocenters. The summed E-state index contributed by atoms with van der Waals surface area (Å²) in [5, 5.41) is 0.256. The van der Waals surface area contributed by atoms with Crippen LogP contribution in [0.25, 0.3) is 22.1 Å². The minimum Gasteiger partial charge on any atom is -0.481 e. The average molecular weight is 587 g/mol. The topological polar surface area (TPSA) is 106 Å². The molecule has 0 unspecified atom stereocenters. The Balaban J connectivity index is 1.27. The second kappa shape index (κ2) is 12.4. The van der Waals surface area contributed by atoms with Gasteiger partial charge in [0.05, 0.1) is 36.3 Å². The summed E-state index contributed by atoms with van der Waals surface area (Å²) < 4.78 is 28.9. The number of nitrogens with zero attached hydrogens (tertiary/aromatic N) is 8. The van der Waals surface area contributed by atoms with Gasteiger partial charge in [0.25, 0.3) is 0 Å². The Morgan fingerprint density at radius 2 is 1.93 bits per heavy atom. The third-order valence-electron chi connectivity index (χ3n) is 8.05. The van der Waals surface area contributed by atoms with Gasteiger partial charge in [-0.3, -0.25) is 9.69 Å². The maximum Gasteiger partial charge on any atom is 0.213 e. The number of anilines is 1. The van der Waals surface area contributed by atoms with Crippen LogP contribution in [0.4, 0.5) is 10.1 Å². The van der Waals surface area contributed by atoms with Crippen LogP contribution >= 0.6 is 0 Å². The molecule has 1 fully saturated rings. The second-order valence-electron chi connectivity index (χ2n) is 11.0. The average Bonchev–Trinajstić information content (AvgIpc) is 3.43. The first kappa shape index (κ1) is 28.7. The van der Waals surface area contributed by atoms with Crippen molar-refractivity contribution in [2.45, 2.75) is 33.0 Å². The molecular weight excluding hydrogens is 551 g/mol. The van der Waals surface area contributed by atoms with E-state index in [4.69, 9.17) is 9.15 Å². The molecule has 0 aliphatic carbocycles. The predicted octanol–water partition coefficient (Wildman–Crippen LogP) is 3.63. The lowest BCUT2D eigenvalue weighted by molar-refractivity contribution is 0.245. The lowest BCUT2D eigenvalue weighted by Gasteiger charge is -2.34. The molecule has 43 heavy (non-hydrogen) atoms. The van der Waals surface area contributed by atoms with E-state index in [-0.39, 0.29) is 10.8 Å². The van der Waals surface area contributed by atoms with Gasteiger partial charge in [-0.15, -0.1) is 0 Å². The number of likely N-dealkylation sites (N-methyl/N-ethyl adjacent to an activating group) is 1. The number of ether oxygens (including phenoxy) is 1.